The molecule has 0 rings (SSSR count). The van der Waals surface area contributed by atoms with Gasteiger partial charge in [0.05, 0.1) is 0 Å². The van der Waals surface area contributed by atoms with Crippen LogP contribution in [-0.2, 0) is 59.9 Å². The summed E-state index contributed by atoms with van der Waals surface area (Å²) in [6, 6.07) is 0. The molecule has 3 nitrogen and oxygen atoms in total. The molecule has 0 heterocycles. The molecule has 0 aromatic rings. The van der Waals surface area contributed by atoms with Gasteiger partial charge < -0.3 is 16.4 Å². The summed E-state index contributed by atoms with van der Waals surface area (Å²) in [7, 11) is 0. The summed E-state index contributed by atoms with van der Waals surface area (Å²) in [5, 5.41) is 0. The fraction of sp³-hybridized carbons (Fsp3) is 0. The van der Waals surface area contributed by atoms with Crippen LogP contribution < -0.4 is 0 Å². The second-order valence-corrected chi connectivity index (χ2v) is 0. The van der Waals surface area contributed by atoms with Gasteiger partial charge in [0.25, 0.3) is 0 Å². The Morgan fingerprint density at radius 3 is 0.600 bits per heavy atom. The first kappa shape index (κ1) is 104. The van der Waals surface area contributed by atoms with E-state index in [-0.39, 0.29) is 59.9 Å². The Labute approximate surface area is 59.8 Å². The zero-order valence-corrected chi connectivity index (χ0v) is 7.30. The summed E-state index contributed by atoms with van der Waals surface area (Å²) in [5.74, 6) is 0. The van der Waals surface area contributed by atoms with Gasteiger partial charge in [0, 0.05) is 22.4 Å². The summed E-state index contributed by atoms with van der Waals surface area (Å²) in [6.45, 7) is 0. The second-order valence-electron chi connectivity index (χ2n) is 0. The third-order valence-electron chi connectivity index (χ3n) is 0. The normalized spacial score (nSPS) is 0. The van der Waals surface area contributed by atoms with E-state index in [2.05, 4.69) is 0 Å². The summed E-state index contributed by atoms with van der Waals surface area (Å²) in [6.07, 6.45) is 0. The first-order chi connectivity index (χ1) is 0. The smallest absolute Gasteiger partial charge is 2.00 e. The van der Waals surface area contributed by atoms with Crippen LogP contribution in [0.5, 0.6) is 0 Å². The van der Waals surface area contributed by atoms with E-state index in [1.54, 1.807) is 0 Å². The molecule has 0 N–H and O–H groups in total. The maximum atomic E-state index is 0. The van der Waals surface area contributed by atoms with Crippen molar-refractivity contribution in [3.8, 4) is 0 Å². The first-order valence-electron chi connectivity index (χ1n) is 0. The average Bonchev–Trinajstić information content (AvgIpc) is 0. The Morgan fingerprint density at radius 1 is 0.600 bits per heavy atom. The summed E-state index contributed by atoms with van der Waals surface area (Å²) in [4.78, 5) is 0. The zero-order chi connectivity index (χ0) is 0. The Kier molecular flexibility index (Phi) is 1200. The van der Waals surface area contributed by atoms with E-state index in [0.29, 0.717) is 0 Å². The standard InChI is InChI=1S/Mo.3O.Ta/q+6;3*-2;. The molecule has 0 atom stereocenters. The summed E-state index contributed by atoms with van der Waals surface area (Å²) < 4.78 is 0. The first-order valence-corrected chi connectivity index (χ1v) is 0. The predicted molar refractivity (Wildman–Crippen MR) is 2.06 cm³/mol. The zero-order valence-electron chi connectivity index (χ0n) is 2.08. The van der Waals surface area contributed by atoms with Crippen molar-refractivity contribution in [2.24, 2.45) is 0 Å². The van der Waals surface area contributed by atoms with Crippen LogP contribution >= 0.6 is 0 Å². The molecule has 5 heteroatoms. The Morgan fingerprint density at radius 2 is 0.600 bits per heavy atom. The number of hydrogen-bond donors (Lipinski definition) is 0. The van der Waals surface area contributed by atoms with Gasteiger partial charge in [-0.05, 0) is 0 Å². The Hall–Kier alpha value is 1.31. The number of hydrogen-bond acceptors (Lipinski definition) is 0. The van der Waals surface area contributed by atoms with Gasteiger partial charge in [0.1, 0.15) is 0 Å². The van der Waals surface area contributed by atoms with Gasteiger partial charge in [0.15, 0.2) is 0 Å². The maximum absolute atomic E-state index is 0. The third kappa shape index (κ3) is 33.9. The maximum Gasteiger partial charge on any atom is 6.00 e. The molecule has 1 radical (unpaired) electrons. The Balaban J connectivity index is 0. The van der Waals surface area contributed by atoms with Crippen LogP contribution in [0.15, 0.2) is 0 Å². The molecule has 0 bridgehead atoms. The van der Waals surface area contributed by atoms with Crippen LogP contribution in [0.2, 0.25) is 0 Å². The molecule has 29 valence electrons. The quantitative estimate of drug-likeness (QED) is 0.545. The van der Waals surface area contributed by atoms with Gasteiger partial charge in [-0.1, -0.05) is 0 Å². The van der Waals surface area contributed by atoms with Gasteiger partial charge in [-0.3, -0.25) is 0 Å². The van der Waals surface area contributed by atoms with Crippen molar-refractivity contribution >= 4 is 0 Å². The van der Waals surface area contributed by atoms with Crippen molar-refractivity contribution in [1.82, 2.24) is 0 Å². The molecule has 0 aromatic carbocycles. The van der Waals surface area contributed by atoms with Crippen molar-refractivity contribution in [2.75, 3.05) is 0 Å². The summed E-state index contributed by atoms with van der Waals surface area (Å²) in [5.41, 5.74) is 0. The van der Waals surface area contributed by atoms with Crippen LogP contribution in [0.1, 0.15) is 0 Å². The van der Waals surface area contributed by atoms with Crippen molar-refractivity contribution in [3.05, 3.63) is 0 Å². The van der Waals surface area contributed by atoms with Crippen LogP contribution in [0.25, 0.3) is 0 Å². The minimum absolute atomic E-state index is 0. The largest absolute Gasteiger partial charge is 6.00 e. The summed E-state index contributed by atoms with van der Waals surface area (Å²) >= 11 is 0. The third-order valence-corrected chi connectivity index (χ3v) is 0. The topological polar surface area (TPSA) is 85.5 Å². The molecule has 0 saturated carbocycles. The number of rotatable bonds is 0. The van der Waals surface area contributed by atoms with Gasteiger partial charge in [0.2, 0.25) is 0 Å². The molecule has 0 unspecified atom stereocenters. The van der Waals surface area contributed by atoms with E-state index in [1.807, 2.05) is 0 Å². The van der Waals surface area contributed by atoms with E-state index >= 15 is 0 Å². The van der Waals surface area contributed by atoms with Crippen molar-refractivity contribution in [1.29, 1.82) is 0 Å². The van der Waals surface area contributed by atoms with Gasteiger partial charge >= 0.3 is 21.1 Å². The SMILES string of the molecule is [Mo+6].[O-2].[O-2].[O-2].[Ta]. The molecule has 0 spiro atoms. The van der Waals surface area contributed by atoms with Gasteiger partial charge in [-0.2, -0.15) is 0 Å². The minimum atomic E-state index is 0. The van der Waals surface area contributed by atoms with Crippen molar-refractivity contribution < 1.29 is 59.9 Å². The van der Waals surface area contributed by atoms with Crippen LogP contribution in [0.4, 0.5) is 0 Å². The van der Waals surface area contributed by atoms with Gasteiger partial charge in [-0.25, -0.2) is 0 Å². The Bertz CT molecular complexity index is 6.85. The molecule has 0 aliphatic rings. The minimum Gasteiger partial charge on any atom is -2.00 e. The molecule has 0 aromatic heterocycles. The van der Waals surface area contributed by atoms with Gasteiger partial charge in [-0.15, -0.1) is 0 Å². The molecular formula is MoO3Ta. The molecule has 0 amide bonds. The molecule has 0 aliphatic carbocycles. The van der Waals surface area contributed by atoms with Crippen molar-refractivity contribution in [2.45, 2.75) is 0 Å². The molecule has 0 fully saturated rings. The molecule has 0 saturated heterocycles. The van der Waals surface area contributed by atoms with Crippen LogP contribution in [0.3, 0.4) is 0 Å². The fourth-order valence-corrected chi connectivity index (χ4v) is 0. The van der Waals surface area contributed by atoms with E-state index in [4.69, 9.17) is 0 Å². The fourth-order valence-electron chi connectivity index (χ4n) is 0. The second kappa shape index (κ2) is 57.6. The molecule has 0 aliphatic heterocycles. The predicted octanol–water partition coefficient (Wildman–Crippen LogP) is -0.361. The molecular weight excluding hydrogens is 325 g/mol. The van der Waals surface area contributed by atoms with Crippen LogP contribution in [0, 0.1) is 0 Å². The van der Waals surface area contributed by atoms with Crippen molar-refractivity contribution in [3.63, 3.8) is 0 Å². The van der Waals surface area contributed by atoms with E-state index in [1.165, 1.54) is 0 Å². The average molecular weight is 325 g/mol. The van der Waals surface area contributed by atoms with E-state index < -0.39 is 0 Å². The monoisotopic (exact) mass is 327 g/mol. The van der Waals surface area contributed by atoms with E-state index in [9.17, 15) is 0 Å². The van der Waals surface area contributed by atoms with E-state index in [0.717, 1.165) is 0 Å². The van der Waals surface area contributed by atoms with Crippen LogP contribution in [-0.4, -0.2) is 0 Å². The molecule has 5 heavy (non-hydrogen) atoms.